The van der Waals surface area contributed by atoms with Crippen molar-refractivity contribution < 1.29 is 27.5 Å². The van der Waals surface area contributed by atoms with Crippen LogP contribution in [0.4, 0.5) is 15.3 Å². The quantitative estimate of drug-likeness (QED) is 0.575. The molecule has 1 N–H and O–H groups in total. The predicted octanol–water partition coefficient (Wildman–Crippen LogP) is 3.74. The third-order valence-electron chi connectivity index (χ3n) is 5.31. The van der Waals surface area contributed by atoms with Gasteiger partial charge in [0.05, 0.1) is 19.3 Å². The topological polar surface area (TPSA) is 105 Å². The summed E-state index contributed by atoms with van der Waals surface area (Å²) in [4.78, 5) is 26.2. The molecule has 176 valence electrons. The predicted molar refractivity (Wildman–Crippen MR) is 125 cm³/mol. The molecule has 0 bridgehead atoms. The molecule has 10 heteroatoms. The lowest BCUT2D eigenvalue weighted by Gasteiger charge is -2.34. The van der Waals surface area contributed by atoms with E-state index in [-0.39, 0.29) is 29.4 Å². The second kappa shape index (κ2) is 9.44. The Kier molecular flexibility index (Phi) is 6.42. The number of nitrogens with one attached hydrogen (secondary N) is 1. The molecule has 0 atom stereocenters. The van der Waals surface area contributed by atoms with Crippen LogP contribution in [-0.4, -0.2) is 39.0 Å². The molecule has 3 aromatic carbocycles. The Morgan fingerprint density at radius 1 is 0.941 bits per heavy atom. The van der Waals surface area contributed by atoms with Gasteiger partial charge in [-0.05, 0) is 35.4 Å². The molecular formula is C24H23N3O6S. The fourth-order valence-corrected chi connectivity index (χ4v) is 5.15. The Labute approximate surface area is 197 Å². The zero-order valence-electron chi connectivity index (χ0n) is 18.6. The SMILES string of the molecule is COc1cccc(CNC(=O)Oc2ccc3c(c2)S(=O)(=O)N(Cc2ccccc2)C(=O)N3C)c1. The van der Waals surface area contributed by atoms with E-state index in [0.29, 0.717) is 11.3 Å². The van der Waals surface area contributed by atoms with Crippen LogP contribution in [0.3, 0.4) is 0 Å². The monoisotopic (exact) mass is 481 g/mol. The first-order valence-electron chi connectivity index (χ1n) is 10.4. The fourth-order valence-electron chi connectivity index (χ4n) is 3.54. The zero-order valence-corrected chi connectivity index (χ0v) is 19.4. The van der Waals surface area contributed by atoms with Gasteiger partial charge in [-0.15, -0.1) is 0 Å². The highest BCUT2D eigenvalue weighted by Gasteiger charge is 2.40. The van der Waals surface area contributed by atoms with Crippen molar-refractivity contribution in [2.45, 2.75) is 18.0 Å². The van der Waals surface area contributed by atoms with E-state index in [1.807, 2.05) is 6.07 Å². The van der Waals surface area contributed by atoms with Crippen molar-refractivity contribution in [2.24, 2.45) is 0 Å². The Morgan fingerprint density at radius 3 is 2.41 bits per heavy atom. The van der Waals surface area contributed by atoms with Gasteiger partial charge in [0.15, 0.2) is 0 Å². The maximum Gasteiger partial charge on any atom is 0.412 e. The number of hydrogen-bond donors (Lipinski definition) is 1. The van der Waals surface area contributed by atoms with Gasteiger partial charge in [0, 0.05) is 19.7 Å². The maximum absolute atomic E-state index is 13.3. The van der Waals surface area contributed by atoms with Crippen molar-refractivity contribution in [3.63, 3.8) is 0 Å². The number of sulfonamides is 1. The number of hydrogen-bond acceptors (Lipinski definition) is 6. The zero-order chi connectivity index (χ0) is 24.3. The first kappa shape index (κ1) is 23.1. The first-order valence-corrected chi connectivity index (χ1v) is 11.8. The average molecular weight is 482 g/mol. The highest BCUT2D eigenvalue weighted by Crippen LogP contribution is 2.36. The molecule has 0 spiro atoms. The average Bonchev–Trinajstić information content (AvgIpc) is 2.85. The van der Waals surface area contributed by atoms with Gasteiger partial charge < -0.3 is 14.8 Å². The first-order chi connectivity index (χ1) is 16.3. The summed E-state index contributed by atoms with van der Waals surface area (Å²) in [6.45, 7) is 0.0826. The number of amides is 3. The number of urea groups is 1. The highest BCUT2D eigenvalue weighted by atomic mass is 32.2. The third-order valence-corrected chi connectivity index (χ3v) is 7.06. The van der Waals surface area contributed by atoms with Crippen LogP contribution in [0, 0.1) is 0 Å². The fraction of sp³-hybridized carbons (Fsp3) is 0.167. The largest absolute Gasteiger partial charge is 0.497 e. The molecule has 9 nitrogen and oxygen atoms in total. The second-order valence-corrected chi connectivity index (χ2v) is 9.39. The van der Waals surface area contributed by atoms with Gasteiger partial charge in [-0.3, -0.25) is 4.90 Å². The third kappa shape index (κ3) is 4.67. The van der Waals surface area contributed by atoms with Crippen molar-refractivity contribution in [2.75, 3.05) is 19.1 Å². The molecule has 1 aliphatic heterocycles. The second-order valence-electron chi connectivity index (χ2n) is 7.56. The van der Waals surface area contributed by atoms with Crippen molar-refractivity contribution in [3.8, 4) is 11.5 Å². The number of ether oxygens (including phenoxy) is 2. The van der Waals surface area contributed by atoms with Crippen LogP contribution in [0.1, 0.15) is 11.1 Å². The Hall–Kier alpha value is -4.05. The van der Waals surface area contributed by atoms with Crippen LogP contribution in [0.25, 0.3) is 0 Å². The lowest BCUT2D eigenvalue weighted by Crippen LogP contribution is -2.48. The molecule has 0 saturated carbocycles. The lowest BCUT2D eigenvalue weighted by molar-refractivity contribution is 0.199. The number of methoxy groups -OCH3 is 1. The van der Waals surface area contributed by atoms with Gasteiger partial charge in [-0.2, -0.15) is 0 Å². The van der Waals surface area contributed by atoms with E-state index in [1.165, 1.54) is 30.1 Å². The van der Waals surface area contributed by atoms with Crippen molar-refractivity contribution in [3.05, 3.63) is 83.9 Å². The number of anilines is 1. The molecular weight excluding hydrogens is 458 g/mol. The molecule has 0 aliphatic carbocycles. The molecule has 1 heterocycles. The highest BCUT2D eigenvalue weighted by molar-refractivity contribution is 7.90. The summed E-state index contributed by atoms with van der Waals surface area (Å²) >= 11 is 0. The normalized spacial score (nSPS) is 14.4. The molecule has 0 unspecified atom stereocenters. The van der Waals surface area contributed by atoms with Crippen LogP contribution in [-0.2, 0) is 23.1 Å². The minimum Gasteiger partial charge on any atom is -0.497 e. The molecule has 0 aromatic heterocycles. The molecule has 1 aliphatic rings. The van der Waals surface area contributed by atoms with Gasteiger partial charge in [-0.25, -0.2) is 22.3 Å². The van der Waals surface area contributed by atoms with E-state index in [0.717, 1.165) is 9.87 Å². The molecule has 3 amide bonds. The van der Waals surface area contributed by atoms with Crippen molar-refractivity contribution in [1.82, 2.24) is 9.62 Å². The molecule has 34 heavy (non-hydrogen) atoms. The molecule has 0 saturated heterocycles. The van der Waals surface area contributed by atoms with Crippen LogP contribution in [0.2, 0.25) is 0 Å². The van der Waals surface area contributed by atoms with Crippen molar-refractivity contribution in [1.29, 1.82) is 0 Å². The van der Waals surface area contributed by atoms with Crippen LogP contribution < -0.4 is 19.7 Å². The van der Waals surface area contributed by atoms with Crippen LogP contribution in [0.15, 0.2) is 77.7 Å². The maximum atomic E-state index is 13.3. The standard InChI is InChI=1S/C24H23N3O6S/c1-26-21-12-11-20(33-23(28)25-15-18-9-6-10-19(13-18)32-2)14-22(21)34(30,31)27(24(26)29)16-17-7-4-3-5-8-17/h3-14H,15-16H2,1-2H3,(H,25,28). The van der Waals surface area contributed by atoms with Crippen molar-refractivity contribution >= 4 is 27.8 Å². The minimum atomic E-state index is -4.17. The molecule has 3 aromatic rings. The number of nitrogens with zero attached hydrogens (tertiary/aromatic N) is 2. The van der Waals surface area contributed by atoms with Gasteiger partial charge in [0.25, 0.3) is 10.0 Å². The van der Waals surface area contributed by atoms with Gasteiger partial charge in [0.2, 0.25) is 0 Å². The van der Waals surface area contributed by atoms with Crippen LogP contribution >= 0.6 is 0 Å². The number of fused-ring (bicyclic) bond motifs is 1. The summed E-state index contributed by atoms with van der Waals surface area (Å²) in [5, 5.41) is 2.62. The van der Waals surface area contributed by atoms with E-state index in [1.54, 1.807) is 55.6 Å². The summed E-state index contributed by atoms with van der Waals surface area (Å²) in [6.07, 6.45) is -0.749. The molecule has 0 fully saturated rings. The Bertz CT molecular complexity index is 1330. The van der Waals surface area contributed by atoms with E-state index < -0.39 is 22.1 Å². The molecule has 0 radical (unpaired) electrons. The van der Waals surface area contributed by atoms with Crippen LogP contribution in [0.5, 0.6) is 11.5 Å². The van der Waals surface area contributed by atoms with Gasteiger partial charge in [0.1, 0.15) is 16.4 Å². The number of benzene rings is 3. The van der Waals surface area contributed by atoms with Gasteiger partial charge in [-0.1, -0.05) is 42.5 Å². The summed E-state index contributed by atoms with van der Waals surface area (Å²) in [5.41, 5.74) is 1.68. The summed E-state index contributed by atoms with van der Waals surface area (Å²) in [5.74, 6) is 0.694. The van der Waals surface area contributed by atoms with E-state index in [4.69, 9.17) is 9.47 Å². The van der Waals surface area contributed by atoms with E-state index >= 15 is 0 Å². The van der Waals surface area contributed by atoms with E-state index in [9.17, 15) is 18.0 Å². The van der Waals surface area contributed by atoms with Gasteiger partial charge >= 0.3 is 12.1 Å². The smallest absolute Gasteiger partial charge is 0.412 e. The Morgan fingerprint density at radius 2 is 1.68 bits per heavy atom. The summed E-state index contributed by atoms with van der Waals surface area (Å²) in [7, 11) is -1.12. The summed E-state index contributed by atoms with van der Waals surface area (Å²) in [6, 6.07) is 19.5. The lowest BCUT2D eigenvalue weighted by atomic mass is 10.2. The number of carbonyl (C=O) groups is 2. The minimum absolute atomic E-state index is 0.0351. The Balaban J connectivity index is 1.53. The number of rotatable bonds is 6. The number of carbonyl (C=O) groups excluding carboxylic acids is 2. The summed E-state index contributed by atoms with van der Waals surface area (Å²) < 4.78 is 37.8. The molecule has 4 rings (SSSR count). The van der Waals surface area contributed by atoms with E-state index in [2.05, 4.69) is 5.32 Å².